The third-order valence-electron chi connectivity index (χ3n) is 2.20. The van der Waals surface area contributed by atoms with E-state index >= 15 is 0 Å². The molecular formula is C11H11ClN4O2. The minimum atomic E-state index is -0.474. The minimum absolute atomic E-state index is 0.240. The molecule has 1 amide bonds. The van der Waals surface area contributed by atoms with E-state index in [9.17, 15) is 4.79 Å². The van der Waals surface area contributed by atoms with Crippen LogP contribution in [-0.2, 0) is 0 Å². The van der Waals surface area contributed by atoms with Gasteiger partial charge >= 0.3 is 6.01 Å². The summed E-state index contributed by atoms with van der Waals surface area (Å²) in [6, 6.07) is 6.82. The maximum Gasteiger partial charge on any atom is 0.320 e. The van der Waals surface area contributed by atoms with Gasteiger partial charge in [-0.2, -0.15) is 0 Å². The van der Waals surface area contributed by atoms with E-state index in [0.29, 0.717) is 17.1 Å². The van der Waals surface area contributed by atoms with Gasteiger partial charge in [0.2, 0.25) is 11.8 Å². The molecule has 1 unspecified atom stereocenters. The van der Waals surface area contributed by atoms with Crippen molar-refractivity contribution in [2.45, 2.75) is 12.3 Å². The van der Waals surface area contributed by atoms with Crippen molar-refractivity contribution < 1.29 is 9.21 Å². The number of rotatable bonds is 4. The van der Waals surface area contributed by atoms with E-state index in [1.54, 1.807) is 31.2 Å². The fourth-order valence-electron chi connectivity index (χ4n) is 1.29. The Morgan fingerprint density at radius 1 is 1.39 bits per heavy atom. The van der Waals surface area contributed by atoms with Gasteiger partial charge in [0.25, 0.3) is 0 Å². The van der Waals surface area contributed by atoms with Crippen LogP contribution in [0.2, 0.25) is 0 Å². The summed E-state index contributed by atoms with van der Waals surface area (Å²) in [7, 11) is 0. The predicted octanol–water partition coefficient (Wildman–Crippen LogP) is 2.21. The second kappa shape index (κ2) is 5.05. The lowest BCUT2D eigenvalue weighted by Gasteiger charge is -2.01. The van der Waals surface area contributed by atoms with Crippen LogP contribution in [0.4, 0.5) is 11.7 Å². The molecular weight excluding hydrogens is 256 g/mol. The number of halogens is 1. The number of anilines is 2. The van der Waals surface area contributed by atoms with E-state index in [2.05, 4.69) is 15.5 Å². The highest BCUT2D eigenvalue weighted by Crippen LogP contribution is 2.21. The second-order valence-corrected chi connectivity index (χ2v) is 4.28. The first-order valence-corrected chi connectivity index (χ1v) is 5.64. The van der Waals surface area contributed by atoms with E-state index in [4.69, 9.17) is 21.8 Å². The molecule has 0 fully saturated rings. The summed E-state index contributed by atoms with van der Waals surface area (Å²) in [5.41, 5.74) is 6.28. The number of nitrogens with one attached hydrogen (secondary N) is 1. The molecule has 0 spiro atoms. The largest absolute Gasteiger partial charge is 0.406 e. The van der Waals surface area contributed by atoms with E-state index in [-0.39, 0.29) is 11.4 Å². The number of nitrogens with two attached hydrogens (primary N) is 1. The summed E-state index contributed by atoms with van der Waals surface area (Å²) in [5, 5.41) is 10.1. The highest BCUT2D eigenvalue weighted by atomic mass is 35.5. The zero-order chi connectivity index (χ0) is 13.1. The molecule has 1 aromatic carbocycles. The number of carbonyl (C=O) groups excluding carboxylic acids is 1. The summed E-state index contributed by atoms with van der Waals surface area (Å²) in [4.78, 5) is 10.9. The first-order valence-electron chi connectivity index (χ1n) is 5.20. The third-order valence-corrected chi connectivity index (χ3v) is 2.39. The Kier molecular flexibility index (Phi) is 3.47. The van der Waals surface area contributed by atoms with E-state index in [0.717, 1.165) is 0 Å². The number of aromatic nitrogens is 2. The van der Waals surface area contributed by atoms with Crippen molar-refractivity contribution in [3.63, 3.8) is 0 Å². The van der Waals surface area contributed by atoms with Crippen LogP contribution in [0.5, 0.6) is 0 Å². The standard InChI is InChI=1S/C11H11ClN4O2/c1-6(12)10-15-16-11(18-10)14-8-4-2-7(3-5-8)9(13)17/h2-6H,1H3,(H2,13,17)(H,14,16). The van der Waals surface area contributed by atoms with E-state index < -0.39 is 5.91 Å². The Hall–Kier alpha value is -2.08. The number of alkyl halides is 1. The average molecular weight is 267 g/mol. The molecule has 94 valence electrons. The molecule has 18 heavy (non-hydrogen) atoms. The molecule has 2 rings (SSSR count). The lowest BCUT2D eigenvalue weighted by molar-refractivity contribution is 0.100. The summed E-state index contributed by atoms with van der Waals surface area (Å²) >= 11 is 5.80. The molecule has 7 heteroatoms. The van der Waals surface area contributed by atoms with Crippen LogP contribution < -0.4 is 11.1 Å². The zero-order valence-corrected chi connectivity index (χ0v) is 10.3. The van der Waals surface area contributed by atoms with Gasteiger partial charge in [0.15, 0.2) is 0 Å². The molecule has 0 aliphatic carbocycles. The molecule has 3 N–H and O–H groups in total. The number of primary amides is 1. The van der Waals surface area contributed by atoms with Crippen molar-refractivity contribution in [1.29, 1.82) is 0 Å². The molecule has 0 radical (unpaired) electrons. The van der Waals surface area contributed by atoms with Crippen molar-refractivity contribution in [3.8, 4) is 0 Å². The molecule has 6 nitrogen and oxygen atoms in total. The van der Waals surface area contributed by atoms with Gasteiger partial charge in [-0.25, -0.2) is 0 Å². The molecule has 2 aromatic rings. The van der Waals surface area contributed by atoms with Crippen molar-refractivity contribution in [3.05, 3.63) is 35.7 Å². The van der Waals surface area contributed by atoms with E-state index in [1.165, 1.54) is 0 Å². The number of carbonyl (C=O) groups is 1. The second-order valence-electron chi connectivity index (χ2n) is 3.63. The van der Waals surface area contributed by atoms with Crippen LogP contribution >= 0.6 is 11.6 Å². The third kappa shape index (κ3) is 2.78. The Morgan fingerprint density at radius 2 is 2.06 bits per heavy atom. The van der Waals surface area contributed by atoms with Gasteiger partial charge in [-0.15, -0.1) is 16.7 Å². The Bertz CT molecular complexity index is 550. The van der Waals surface area contributed by atoms with Crippen molar-refractivity contribution >= 4 is 29.2 Å². The van der Waals surface area contributed by atoms with Crippen LogP contribution in [0.25, 0.3) is 0 Å². The van der Waals surface area contributed by atoms with Crippen molar-refractivity contribution in [2.24, 2.45) is 5.73 Å². The van der Waals surface area contributed by atoms with Crippen molar-refractivity contribution in [1.82, 2.24) is 10.2 Å². The summed E-state index contributed by atoms with van der Waals surface area (Å²) < 4.78 is 5.27. The Labute approximate surface area is 108 Å². The first-order chi connectivity index (χ1) is 8.56. The fourth-order valence-corrected chi connectivity index (χ4v) is 1.38. The van der Waals surface area contributed by atoms with Gasteiger partial charge < -0.3 is 15.5 Å². The highest BCUT2D eigenvalue weighted by molar-refractivity contribution is 6.20. The minimum Gasteiger partial charge on any atom is -0.406 e. The molecule has 1 aromatic heterocycles. The lowest BCUT2D eigenvalue weighted by Crippen LogP contribution is -2.10. The Morgan fingerprint density at radius 3 is 2.56 bits per heavy atom. The van der Waals surface area contributed by atoms with E-state index in [1.807, 2.05) is 0 Å². The van der Waals surface area contributed by atoms with Gasteiger partial charge in [-0.3, -0.25) is 4.79 Å². The summed E-state index contributed by atoms with van der Waals surface area (Å²) in [6.45, 7) is 1.74. The summed E-state index contributed by atoms with van der Waals surface area (Å²) in [5.74, 6) is -0.134. The van der Waals surface area contributed by atoms with Crippen molar-refractivity contribution in [2.75, 3.05) is 5.32 Å². The quantitative estimate of drug-likeness (QED) is 0.828. The number of benzene rings is 1. The zero-order valence-electron chi connectivity index (χ0n) is 9.55. The Balaban J connectivity index is 2.10. The monoisotopic (exact) mass is 266 g/mol. The molecule has 0 aliphatic heterocycles. The molecule has 0 saturated heterocycles. The van der Waals surface area contributed by atoms with Gasteiger partial charge in [0.1, 0.15) is 5.38 Å². The highest BCUT2D eigenvalue weighted by Gasteiger charge is 2.11. The van der Waals surface area contributed by atoms with Crippen LogP contribution in [0, 0.1) is 0 Å². The smallest absolute Gasteiger partial charge is 0.320 e. The number of hydrogen-bond donors (Lipinski definition) is 2. The van der Waals surface area contributed by atoms with Gasteiger partial charge in [0.05, 0.1) is 0 Å². The van der Waals surface area contributed by atoms with Gasteiger partial charge in [-0.05, 0) is 31.2 Å². The van der Waals surface area contributed by atoms with Crippen LogP contribution in [-0.4, -0.2) is 16.1 Å². The number of nitrogens with zero attached hydrogens (tertiary/aromatic N) is 2. The predicted molar refractivity (Wildman–Crippen MR) is 66.8 cm³/mol. The topological polar surface area (TPSA) is 94.0 Å². The maximum absolute atomic E-state index is 10.9. The summed E-state index contributed by atoms with van der Waals surface area (Å²) in [6.07, 6.45) is 0. The SMILES string of the molecule is CC(Cl)c1nnc(Nc2ccc(C(N)=O)cc2)o1. The molecule has 0 saturated carbocycles. The average Bonchev–Trinajstić information content (AvgIpc) is 2.78. The number of hydrogen-bond acceptors (Lipinski definition) is 5. The normalized spacial score (nSPS) is 12.1. The van der Waals surface area contributed by atoms with Crippen LogP contribution in [0.1, 0.15) is 28.5 Å². The number of amides is 1. The van der Waals surface area contributed by atoms with Crippen LogP contribution in [0.3, 0.4) is 0 Å². The van der Waals surface area contributed by atoms with Gasteiger partial charge in [-0.1, -0.05) is 5.10 Å². The maximum atomic E-state index is 10.9. The molecule has 0 aliphatic rings. The molecule has 1 atom stereocenters. The fraction of sp³-hybridized carbons (Fsp3) is 0.182. The van der Waals surface area contributed by atoms with Crippen LogP contribution in [0.15, 0.2) is 28.7 Å². The lowest BCUT2D eigenvalue weighted by atomic mass is 10.2. The first kappa shape index (κ1) is 12.4. The van der Waals surface area contributed by atoms with Gasteiger partial charge in [0, 0.05) is 11.3 Å². The molecule has 0 bridgehead atoms. The molecule has 1 heterocycles.